The molecule has 0 saturated carbocycles. The molecule has 0 amide bonds. The van der Waals surface area contributed by atoms with Crippen molar-refractivity contribution < 1.29 is 4.74 Å². The van der Waals surface area contributed by atoms with Gasteiger partial charge in [0.2, 0.25) is 0 Å². The quantitative estimate of drug-likeness (QED) is 0.532. The third-order valence-electron chi connectivity index (χ3n) is 6.07. The topological polar surface area (TPSA) is 63.3 Å². The maximum atomic E-state index is 9.02. The van der Waals surface area contributed by atoms with Crippen molar-refractivity contribution in [3.8, 4) is 17.9 Å². The summed E-state index contributed by atoms with van der Waals surface area (Å²) in [5.74, 6) is 0.773. The van der Waals surface area contributed by atoms with Crippen LogP contribution >= 0.6 is 0 Å². The van der Waals surface area contributed by atoms with Crippen LogP contribution in [0.15, 0.2) is 60.7 Å². The van der Waals surface area contributed by atoms with Crippen LogP contribution in [-0.4, -0.2) is 38.2 Å². The molecule has 0 atom stereocenters. The highest BCUT2D eigenvalue weighted by molar-refractivity contribution is 5.56. The second-order valence-electron chi connectivity index (χ2n) is 8.67. The first-order chi connectivity index (χ1) is 16.4. The van der Waals surface area contributed by atoms with Crippen molar-refractivity contribution in [2.75, 3.05) is 38.2 Å². The molecule has 0 spiro atoms. The summed E-state index contributed by atoms with van der Waals surface area (Å²) in [5.41, 5.74) is 7.44. The molecule has 0 aromatic heterocycles. The summed E-state index contributed by atoms with van der Waals surface area (Å²) in [6.07, 6.45) is 0. The molecule has 1 aliphatic heterocycles. The maximum Gasteiger partial charge on any atom is 0.124 e. The van der Waals surface area contributed by atoms with Gasteiger partial charge < -0.3 is 9.64 Å². The van der Waals surface area contributed by atoms with Crippen LogP contribution in [-0.2, 0) is 6.54 Å². The Hall–Kier alpha value is -3.80. The number of aryl methyl sites for hydroxylation is 3. The lowest BCUT2D eigenvalue weighted by atomic mass is 10.1. The Morgan fingerprint density at radius 3 is 1.85 bits per heavy atom. The van der Waals surface area contributed by atoms with E-state index in [9.17, 15) is 0 Å². The maximum absolute atomic E-state index is 9.02. The SMILES string of the molecule is COc1cc(C#N)ccc1CN1CCN(c2ccc(C#N)cc2C)CC1.Cc1ccc(C)cc1. The molecule has 5 nitrogen and oxygen atoms in total. The molecule has 174 valence electrons. The predicted molar refractivity (Wildman–Crippen MR) is 137 cm³/mol. The van der Waals surface area contributed by atoms with Crippen molar-refractivity contribution >= 4 is 5.69 Å². The molecule has 0 aliphatic carbocycles. The van der Waals surface area contributed by atoms with Gasteiger partial charge >= 0.3 is 0 Å². The Balaban J connectivity index is 0.000000343. The number of piperazine rings is 1. The van der Waals surface area contributed by atoms with E-state index in [2.05, 4.69) is 67.0 Å². The Kier molecular flexibility index (Phi) is 8.68. The van der Waals surface area contributed by atoms with Crippen molar-refractivity contribution in [2.24, 2.45) is 0 Å². The molecule has 3 aromatic carbocycles. The fourth-order valence-electron chi connectivity index (χ4n) is 4.05. The minimum Gasteiger partial charge on any atom is -0.496 e. The zero-order valence-electron chi connectivity index (χ0n) is 20.5. The number of hydrogen-bond acceptors (Lipinski definition) is 5. The van der Waals surface area contributed by atoms with E-state index in [1.807, 2.05) is 30.3 Å². The number of nitriles is 2. The van der Waals surface area contributed by atoms with Crippen LogP contribution < -0.4 is 9.64 Å². The molecule has 1 saturated heterocycles. The van der Waals surface area contributed by atoms with Gasteiger partial charge in [0.1, 0.15) is 5.75 Å². The van der Waals surface area contributed by atoms with Gasteiger partial charge in [0, 0.05) is 44.0 Å². The standard InChI is InChI=1S/C21H22N4O.C8H10/c1-16-11-17(13-22)4-6-20(16)25-9-7-24(8-10-25)15-19-5-3-18(14-23)12-21(19)26-2;1-7-3-5-8(2)6-4-7/h3-6,11-12H,7-10,15H2,1-2H3;3-6H,1-2H3. The third kappa shape index (κ3) is 6.61. The average Bonchev–Trinajstić information content (AvgIpc) is 2.87. The lowest BCUT2D eigenvalue weighted by Crippen LogP contribution is -2.46. The molecule has 1 fully saturated rings. The fraction of sp³-hybridized carbons (Fsp3) is 0.310. The number of nitrogens with zero attached hydrogens (tertiary/aromatic N) is 4. The van der Waals surface area contributed by atoms with E-state index in [0.717, 1.165) is 49.6 Å². The third-order valence-corrected chi connectivity index (χ3v) is 6.07. The van der Waals surface area contributed by atoms with Crippen LogP contribution in [0.4, 0.5) is 5.69 Å². The lowest BCUT2D eigenvalue weighted by Gasteiger charge is -2.37. The monoisotopic (exact) mass is 452 g/mol. The number of hydrogen-bond donors (Lipinski definition) is 0. The molecular formula is C29H32N4O. The number of rotatable bonds is 4. The van der Waals surface area contributed by atoms with Gasteiger partial charge in [0.25, 0.3) is 0 Å². The highest BCUT2D eigenvalue weighted by atomic mass is 16.5. The lowest BCUT2D eigenvalue weighted by molar-refractivity contribution is 0.246. The molecule has 0 bridgehead atoms. The van der Waals surface area contributed by atoms with Crippen LogP contribution in [0.3, 0.4) is 0 Å². The van der Waals surface area contributed by atoms with E-state index in [-0.39, 0.29) is 0 Å². The second kappa shape index (κ2) is 11.9. The van der Waals surface area contributed by atoms with Gasteiger partial charge in [0.05, 0.1) is 30.4 Å². The van der Waals surface area contributed by atoms with E-state index in [0.29, 0.717) is 11.1 Å². The first kappa shape index (κ1) is 24.8. The smallest absolute Gasteiger partial charge is 0.124 e. The zero-order chi connectivity index (χ0) is 24.5. The zero-order valence-corrected chi connectivity index (χ0v) is 20.5. The molecule has 34 heavy (non-hydrogen) atoms. The summed E-state index contributed by atoms with van der Waals surface area (Å²) >= 11 is 0. The van der Waals surface area contributed by atoms with Crippen molar-refractivity contribution in [1.29, 1.82) is 10.5 Å². The molecule has 1 aliphatic rings. The van der Waals surface area contributed by atoms with E-state index >= 15 is 0 Å². The van der Waals surface area contributed by atoms with Gasteiger partial charge in [-0.3, -0.25) is 4.90 Å². The first-order valence-corrected chi connectivity index (χ1v) is 11.5. The second-order valence-corrected chi connectivity index (χ2v) is 8.67. The van der Waals surface area contributed by atoms with Gasteiger partial charge in [-0.2, -0.15) is 10.5 Å². The molecule has 0 N–H and O–H groups in total. The number of methoxy groups -OCH3 is 1. The van der Waals surface area contributed by atoms with Crippen LogP contribution in [0.5, 0.6) is 5.75 Å². The van der Waals surface area contributed by atoms with E-state index in [4.69, 9.17) is 15.3 Å². The summed E-state index contributed by atoms with van der Waals surface area (Å²) in [7, 11) is 1.64. The van der Waals surface area contributed by atoms with Gasteiger partial charge in [-0.25, -0.2) is 0 Å². The van der Waals surface area contributed by atoms with Crippen molar-refractivity contribution in [3.63, 3.8) is 0 Å². The molecular weight excluding hydrogens is 420 g/mol. The summed E-state index contributed by atoms with van der Waals surface area (Å²) in [6, 6.07) is 24.3. The van der Waals surface area contributed by atoms with Crippen LogP contribution in [0.2, 0.25) is 0 Å². The largest absolute Gasteiger partial charge is 0.496 e. The highest BCUT2D eigenvalue weighted by Gasteiger charge is 2.19. The van der Waals surface area contributed by atoms with Gasteiger partial charge in [-0.1, -0.05) is 41.5 Å². The Morgan fingerprint density at radius 2 is 1.32 bits per heavy atom. The normalized spacial score (nSPS) is 13.3. The van der Waals surface area contributed by atoms with Crippen LogP contribution in [0, 0.1) is 43.4 Å². The Labute approximate surface area is 203 Å². The van der Waals surface area contributed by atoms with E-state index in [1.165, 1.54) is 16.8 Å². The van der Waals surface area contributed by atoms with Crippen molar-refractivity contribution in [1.82, 2.24) is 4.90 Å². The Bertz CT molecular complexity index is 1160. The van der Waals surface area contributed by atoms with Gasteiger partial charge in [-0.15, -0.1) is 0 Å². The van der Waals surface area contributed by atoms with Crippen molar-refractivity contribution in [3.05, 3.63) is 94.0 Å². The highest BCUT2D eigenvalue weighted by Crippen LogP contribution is 2.25. The fourth-order valence-corrected chi connectivity index (χ4v) is 4.05. The van der Waals surface area contributed by atoms with Crippen LogP contribution in [0.1, 0.15) is 33.4 Å². The van der Waals surface area contributed by atoms with Crippen molar-refractivity contribution in [2.45, 2.75) is 27.3 Å². The minimum absolute atomic E-state index is 0.617. The first-order valence-electron chi connectivity index (χ1n) is 11.5. The molecule has 0 unspecified atom stereocenters. The molecule has 1 heterocycles. The molecule has 3 aromatic rings. The molecule has 0 radical (unpaired) electrons. The summed E-state index contributed by atoms with van der Waals surface area (Å²) < 4.78 is 5.44. The molecule has 4 rings (SSSR count). The number of benzene rings is 3. The van der Waals surface area contributed by atoms with Gasteiger partial charge in [-0.05, 0) is 56.7 Å². The summed E-state index contributed by atoms with van der Waals surface area (Å²) in [4.78, 5) is 4.78. The van der Waals surface area contributed by atoms with Gasteiger partial charge in [0.15, 0.2) is 0 Å². The number of anilines is 1. The number of ether oxygens (including phenoxy) is 1. The predicted octanol–water partition coefficient (Wildman–Crippen LogP) is 5.37. The minimum atomic E-state index is 0.617. The van der Waals surface area contributed by atoms with E-state index < -0.39 is 0 Å². The average molecular weight is 453 g/mol. The molecule has 5 heteroatoms. The van der Waals surface area contributed by atoms with Crippen LogP contribution in [0.25, 0.3) is 0 Å². The van der Waals surface area contributed by atoms with E-state index in [1.54, 1.807) is 13.2 Å². The summed E-state index contributed by atoms with van der Waals surface area (Å²) in [6.45, 7) is 10.9. The Morgan fingerprint density at radius 1 is 0.765 bits per heavy atom. The summed E-state index contributed by atoms with van der Waals surface area (Å²) in [5, 5.41) is 18.0.